The van der Waals surface area contributed by atoms with E-state index in [2.05, 4.69) is 33.7 Å². The van der Waals surface area contributed by atoms with E-state index >= 15 is 0 Å². The van der Waals surface area contributed by atoms with Crippen LogP contribution in [0.1, 0.15) is 12.5 Å². The van der Waals surface area contributed by atoms with Crippen LogP contribution < -0.4 is 9.46 Å². The van der Waals surface area contributed by atoms with E-state index in [0.29, 0.717) is 29.7 Å². The molecule has 2 aromatic carbocycles. The zero-order valence-electron chi connectivity index (χ0n) is 16.1. The summed E-state index contributed by atoms with van der Waals surface area (Å²) in [5.74, 6) is 0.551. The van der Waals surface area contributed by atoms with Crippen molar-refractivity contribution in [2.45, 2.75) is 18.4 Å². The molecule has 0 bridgehead atoms. The first-order chi connectivity index (χ1) is 13.5. The summed E-state index contributed by atoms with van der Waals surface area (Å²) in [6.45, 7) is 4.65. The average Bonchev–Trinajstić information content (AvgIpc) is 2.72. The average molecular weight is 400 g/mol. The Morgan fingerprint density at radius 2 is 1.86 bits per heavy atom. The summed E-state index contributed by atoms with van der Waals surface area (Å²) in [5.41, 5.74) is 1.74. The molecule has 0 amide bonds. The molecule has 6 nitrogen and oxygen atoms in total. The fourth-order valence-electron chi connectivity index (χ4n) is 3.13. The van der Waals surface area contributed by atoms with E-state index in [9.17, 15) is 8.42 Å². The molecule has 0 fully saturated rings. The standard InChI is InChI=1S/C21H25N3O3S/c1-3-24(16-17-8-5-4-6-9-17)15-14-23-28(25,26)20-12-11-19(27-2)21-18(20)10-7-13-22-21/h4-13,23H,3,14-16H2,1-2H3. The molecule has 1 aromatic heterocycles. The maximum atomic E-state index is 12.9. The highest BCUT2D eigenvalue weighted by Crippen LogP contribution is 2.28. The summed E-state index contributed by atoms with van der Waals surface area (Å²) in [4.78, 5) is 6.68. The predicted octanol–water partition coefficient (Wildman–Crippen LogP) is 3.04. The SMILES string of the molecule is CCN(CCNS(=O)(=O)c1ccc(OC)c2ncccc12)Cc1ccccc1. The van der Waals surface area contributed by atoms with Crippen LogP contribution in [0.25, 0.3) is 10.9 Å². The van der Waals surface area contributed by atoms with Gasteiger partial charge < -0.3 is 4.74 Å². The minimum absolute atomic E-state index is 0.211. The topological polar surface area (TPSA) is 71.5 Å². The molecule has 28 heavy (non-hydrogen) atoms. The van der Waals surface area contributed by atoms with Crippen molar-refractivity contribution in [3.8, 4) is 5.75 Å². The van der Waals surface area contributed by atoms with Crippen molar-refractivity contribution in [1.82, 2.24) is 14.6 Å². The summed E-state index contributed by atoms with van der Waals surface area (Å²) < 4.78 is 33.8. The molecular weight excluding hydrogens is 374 g/mol. The molecule has 0 atom stereocenters. The van der Waals surface area contributed by atoms with Crippen molar-refractivity contribution in [3.05, 3.63) is 66.4 Å². The van der Waals surface area contributed by atoms with E-state index in [1.807, 2.05) is 18.2 Å². The van der Waals surface area contributed by atoms with Gasteiger partial charge in [-0.2, -0.15) is 0 Å². The lowest BCUT2D eigenvalue weighted by Gasteiger charge is -2.21. The van der Waals surface area contributed by atoms with Gasteiger partial charge >= 0.3 is 0 Å². The summed E-state index contributed by atoms with van der Waals surface area (Å²) >= 11 is 0. The molecule has 0 aliphatic carbocycles. The zero-order valence-corrected chi connectivity index (χ0v) is 16.9. The second kappa shape index (κ2) is 9.14. The van der Waals surface area contributed by atoms with E-state index < -0.39 is 10.0 Å². The quantitative estimate of drug-likeness (QED) is 0.599. The van der Waals surface area contributed by atoms with E-state index in [4.69, 9.17) is 4.74 Å². The number of rotatable bonds is 9. The van der Waals surface area contributed by atoms with Crippen LogP contribution in [-0.4, -0.2) is 45.0 Å². The number of hydrogen-bond donors (Lipinski definition) is 1. The van der Waals surface area contributed by atoms with Crippen molar-refractivity contribution >= 4 is 20.9 Å². The third kappa shape index (κ3) is 4.67. The fourth-order valence-corrected chi connectivity index (χ4v) is 4.34. The number of nitrogens with zero attached hydrogens (tertiary/aromatic N) is 2. The summed E-state index contributed by atoms with van der Waals surface area (Å²) in [6, 6.07) is 16.8. The minimum atomic E-state index is -3.66. The number of aromatic nitrogens is 1. The first-order valence-electron chi connectivity index (χ1n) is 9.23. The molecule has 0 aliphatic rings. The second-order valence-electron chi connectivity index (χ2n) is 6.42. The molecule has 0 aliphatic heterocycles. The predicted molar refractivity (Wildman–Crippen MR) is 111 cm³/mol. The van der Waals surface area contributed by atoms with E-state index in [0.717, 1.165) is 13.1 Å². The normalized spacial score (nSPS) is 11.8. The van der Waals surface area contributed by atoms with E-state index in [-0.39, 0.29) is 4.90 Å². The molecule has 0 unspecified atom stereocenters. The lowest BCUT2D eigenvalue weighted by Crippen LogP contribution is -2.34. The number of sulfonamides is 1. The largest absolute Gasteiger partial charge is 0.494 e. The Labute approximate surface area is 166 Å². The van der Waals surface area contributed by atoms with E-state index in [1.165, 1.54) is 5.56 Å². The Balaban J connectivity index is 1.71. The van der Waals surface area contributed by atoms with Crippen LogP contribution in [0.5, 0.6) is 5.75 Å². The van der Waals surface area contributed by atoms with Crippen molar-refractivity contribution in [2.75, 3.05) is 26.7 Å². The molecule has 0 radical (unpaired) electrons. The van der Waals surface area contributed by atoms with Gasteiger partial charge in [-0.1, -0.05) is 37.3 Å². The number of ether oxygens (including phenoxy) is 1. The molecule has 3 aromatic rings. The smallest absolute Gasteiger partial charge is 0.241 e. The van der Waals surface area contributed by atoms with Gasteiger partial charge in [0, 0.05) is 31.2 Å². The Morgan fingerprint density at radius 3 is 2.57 bits per heavy atom. The number of pyridine rings is 1. The van der Waals surface area contributed by atoms with Crippen molar-refractivity contribution < 1.29 is 13.2 Å². The summed E-state index contributed by atoms with van der Waals surface area (Å²) in [6.07, 6.45) is 1.62. The number of likely N-dealkylation sites (N-methyl/N-ethyl adjacent to an activating group) is 1. The van der Waals surface area contributed by atoms with Gasteiger partial charge in [0.2, 0.25) is 10.0 Å². The third-order valence-electron chi connectivity index (χ3n) is 4.62. The highest BCUT2D eigenvalue weighted by molar-refractivity contribution is 7.89. The molecule has 0 saturated heterocycles. The summed E-state index contributed by atoms with van der Waals surface area (Å²) in [7, 11) is -2.12. The molecule has 1 N–H and O–H groups in total. The van der Waals surface area contributed by atoms with Crippen LogP contribution in [0, 0.1) is 0 Å². The van der Waals surface area contributed by atoms with Gasteiger partial charge in [-0.15, -0.1) is 0 Å². The molecule has 0 saturated carbocycles. The molecule has 1 heterocycles. The number of hydrogen-bond acceptors (Lipinski definition) is 5. The Hall–Kier alpha value is -2.48. The number of fused-ring (bicyclic) bond motifs is 1. The maximum absolute atomic E-state index is 12.9. The molecule has 148 valence electrons. The minimum Gasteiger partial charge on any atom is -0.494 e. The molecular formula is C21H25N3O3S. The van der Waals surface area contributed by atoms with Gasteiger partial charge in [0.05, 0.1) is 12.0 Å². The second-order valence-corrected chi connectivity index (χ2v) is 8.15. The van der Waals surface area contributed by atoms with Gasteiger partial charge in [-0.25, -0.2) is 13.1 Å². The lowest BCUT2D eigenvalue weighted by molar-refractivity contribution is 0.285. The van der Waals surface area contributed by atoms with Crippen LogP contribution in [-0.2, 0) is 16.6 Å². The Morgan fingerprint density at radius 1 is 1.07 bits per heavy atom. The molecule has 3 rings (SSSR count). The molecule has 0 spiro atoms. The van der Waals surface area contributed by atoms with E-state index in [1.54, 1.807) is 37.6 Å². The highest BCUT2D eigenvalue weighted by atomic mass is 32.2. The monoisotopic (exact) mass is 399 g/mol. The first kappa shape index (κ1) is 20.3. The van der Waals surface area contributed by atoms with Crippen LogP contribution in [0.3, 0.4) is 0 Å². The van der Waals surface area contributed by atoms with Crippen LogP contribution >= 0.6 is 0 Å². The van der Waals surface area contributed by atoms with Gasteiger partial charge in [0.15, 0.2) is 0 Å². The lowest BCUT2D eigenvalue weighted by atomic mass is 10.2. The van der Waals surface area contributed by atoms with Crippen LogP contribution in [0.4, 0.5) is 0 Å². The number of methoxy groups -OCH3 is 1. The Kier molecular flexibility index (Phi) is 6.61. The van der Waals surface area contributed by atoms with Gasteiger partial charge in [0.1, 0.15) is 11.3 Å². The van der Waals surface area contributed by atoms with Crippen LogP contribution in [0.15, 0.2) is 65.7 Å². The maximum Gasteiger partial charge on any atom is 0.241 e. The van der Waals surface area contributed by atoms with Gasteiger partial charge in [-0.3, -0.25) is 9.88 Å². The third-order valence-corrected chi connectivity index (χ3v) is 6.14. The van der Waals surface area contributed by atoms with Crippen molar-refractivity contribution in [2.24, 2.45) is 0 Å². The summed E-state index contributed by atoms with van der Waals surface area (Å²) in [5, 5.41) is 0.547. The molecule has 7 heteroatoms. The van der Waals surface area contributed by atoms with Crippen molar-refractivity contribution in [1.29, 1.82) is 0 Å². The number of benzene rings is 2. The van der Waals surface area contributed by atoms with Gasteiger partial charge in [-0.05, 0) is 36.4 Å². The zero-order chi connectivity index (χ0) is 20.0. The first-order valence-corrected chi connectivity index (χ1v) is 10.7. The van der Waals surface area contributed by atoms with Crippen LogP contribution in [0.2, 0.25) is 0 Å². The Bertz CT molecular complexity index is 1020. The fraction of sp³-hybridized carbons (Fsp3) is 0.286. The van der Waals surface area contributed by atoms with Gasteiger partial charge in [0.25, 0.3) is 0 Å². The number of nitrogens with one attached hydrogen (secondary N) is 1. The highest BCUT2D eigenvalue weighted by Gasteiger charge is 2.19. The van der Waals surface area contributed by atoms with Crippen molar-refractivity contribution in [3.63, 3.8) is 0 Å².